The molecule has 4 aromatic rings. The number of thioether (sulfide) groups is 2. The molecule has 8 heteroatoms. The summed E-state index contributed by atoms with van der Waals surface area (Å²) in [5, 5.41) is 8.07. The van der Waals surface area contributed by atoms with Crippen molar-refractivity contribution in [2.45, 2.75) is 36.2 Å². The predicted molar refractivity (Wildman–Crippen MR) is 128 cm³/mol. The van der Waals surface area contributed by atoms with Gasteiger partial charge in [0.2, 0.25) is 0 Å². The van der Waals surface area contributed by atoms with Gasteiger partial charge in [0.15, 0.2) is 5.16 Å². The van der Waals surface area contributed by atoms with Crippen molar-refractivity contribution < 1.29 is 4.79 Å². The van der Waals surface area contributed by atoms with E-state index in [0.29, 0.717) is 18.8 Å². The summed E-state index contributed by atoms with van der Waals surface area (Å²) in [5.74, 6) is 1.60. The van der Waals surface area contributed by atoms with Gasteiger partial charge in [0, 0.05) is 35.7 Å². The number of rotatable bonds is 9. The normalized spacial score (nSPS) is 11.2. The van der Waals surface area contributed by atoms with E-state index in [4.69, 9.17) is 0 Å². The second-order valence-corrected chi connectivity index (χ2v) is 9.13. The zero-order chi connectivity index (χ0) is 21.6. The third kappa shape index (κ3) is 5.14. The van der Waals surface area contributed by atoms with Gasteiger partial charge in [-0.2, -0.15) is 5.10 Å². The number of nitrogens with zero attached hydrogens (tertiary/aromatic N) is 3. The maximum absolute atomic E-state index is 12.3. The van der Waals surface area contributed by atoms with Crippen LogP contribution in [0, 0.1) is 6.92 Å². The summed E-state index contributed by atoms with van der Waals surface area (Å²) in [5.41, 5.74) is 5.25. The van der Waals surface area contributed by atoms with Crippen LogP contribution < -0.4 is 5.32 Å². The van der Waals surface area contributed by atoms with E-state index in [1.807, 2.05) is 31.2 Å². The third-order valence-corrected chi connectivity index (χ3v) is 7.11. The first-order valence-electron chi connectivity index (χ1n) is 10.2. The second-order valence-electron chi connectivity index (χ2n) is 7.02. The molecule has 2 aromatic carbocycles. The number of aryl methyl sites for hydroxylation is 1. The Labute approximate surface area is 190 Å². The fourth-order valence-electron chi connectivity index (χ4n) is 3.31. The summed E-state index contributed by atoms with van der Waals surface area (Å²) in [6, 6.07) is 16.2. The molecule has 0 aliphatic rings. The predicted octanol–water partition coefficient (Wildman–Crippen LogP) is 4.90. The molecule has 2 aromatic heterocycles. The van der Waals surface area contributed by atoms with Gasteiger partial charge in [0.05, 0.1) is 11.0 Å². The minimum absolute atomic E-state index is 0.0762. The molecule has 160 valence electrons. The number of benzene rings is 2. The third-order valence-electron chi connectivity index (χ3n) is 5.02. The molecule has 2 N–H and O–H groups in total. The molecule has 0 fully saturated rings. The van der Waals surface area contributed by atoms with Gasteiger partial charge in [-0.05, 0) is 49.2 Å². The molecule has 2 heterocycles. The Hall–Kier alpha value is -2.71. The highest BCUT2D eigenvalue weighted by molar-refractivity contribution is 7.99. The summed E-state index contributed by atoms with van der Waals surface area (Å²) >= 11 is 3.48. The van der Waals surface area contributed by atoms with Crippen molar-refractivity contribution >= 4 is 40.5 Å². The Morgan fingerprint density at radius 2 is 2.00 bits per heavy atom. The van der Waals surface area contributed by atoms with Crippen LogP contribution in [0.3, 0.4) is 0 Å². The van der Waals surface area contributed by atoms with Gasteiger partial charge in [-0.25, -0.2) is 4.98 Å². The number of para-hydroxylation sites is 2. The maximum Gasteiger partial charge on any atom is 0.269 e. The summed E-state index contributed by atoms with van der Waals surface area (Å²) < 4.78 is 1.70. The molecule has 0 bridgehead atoms. The maximum atomic E-state index is 12.3. The number of H-pyrrole nitrogens is 1. The van der Waals surface area contributed by atoms with E-state index in [-0.39, 0.29) is 5.91 Å². The lowest BCUT2D eigenvalue weighted by Crippen LogP contribution is -2.28. The number of carbonyl (C=O) groups is 1. The molecule has 1 amide bonds. The van der Waals surface area contributed by atoms with Gasteiger partial charge >= 0.3 is 0 Å². The number of aromatic amines is 1. The van der Waals surface area contributed by atoms with Crippen LogP contribution in [-0.2, 0) is 12.3 Å². The number of aromatic nitrogens is 4. The van der Waals surface area contributed by atoms with E-state index in [1.165, 1.54) is 16.0 Å². The van der Waals surface area contributed by atoms with Gasteiger partial charge in [-0.15, -0.1) is 11.8 Å². The fourth-order valence-corrected chi connectivity index (χ4v) is 5.21. The first kappa shape index (κ1) is 21.5. The SMILES string of the molecule is CCn1nccc1C(=O)NCCSc1cccc(CSc2nc3ccccc3[nH]2)c1C. The molecule has 0 aliphatic heterocycles. The molecular formula is C23H25N5OS2. The number of carbonyl (C=O) groups excluding carboxylic acids is 1. The smallest absolute Gasteiger partial charge is 0.269 e. The lowest BCUT2D eigenvalue weighted by molar-refractivity contribution is 0.0945. The quantitative estimate of drug-likeness (QED) is 0.280. The molecule has 0 atom stereocenters. The average Bonchev–Trinajstić information content (AvgIpc) is 3.43. The number of hydrogen-bond acceptors (Lipinski definition) is 5. The standard InChI is InChI=1S/C23H25N5OS2/c1-3-28-20(11-12-25-28)22(29)24-13-14-30-21-10-6-7-17(16(21)2)15-31-23-26-18-8-4-5-9-19(18)27-23/h4-12H,3,13-15H2,1-2H3,(H,24,29)(H,26,27). The fraction of sp³-hybridized carbons (Fsp3) is 0.261. The van der Waals surface area contributed by atoms with Crippen LogP contribution in [0.4, 0.5) is 0 Å². The Balaban J connectivity index is 1.30. The molecule has 0 aliphatic carbocycles. The summed E-state index contributed by atoms with van der Waals surface area (Å²) in [4.78, 5) is 21.6. The topological polar surface area (TPSA) is 75.6 Å². The van der Waals surface area contributed by atoms with E-state index in [9.17, 15) is 4.79 Å². The van der Waals surface area contributed by atoms with Crippen LogP contribution in [0.25, 0.3) is 11.0 Å². The zero-order valence-corrected chi connectivity index (χ0v) is 19.2. The van der Waals surface area contributed by atoms with E-state index in [0.717, 1.165) is 27.7 Å². The van der Waals surface area contributed by atoms with Crippen LogP contribution in [-0.4, -0.2) is 38.0 Å². The van der Waals surface area contributed by atoms with Crippen molar-refractivity contribution in [3.05, 3.63) is 71.5 Å². The van der Waals surface area contributed by atoms with Gasteiger partial charge < -0.3 is 10.3 Å². The average molecular weight is 452 g/mol. The lowest BCUT2D eigenvalue weighted by Gasteiger charge is -2.11. The van der Waals surface area contributed by atoms with E-state index in [2.05, 4.69) is 45.5 Å². The Kier molecular flexibility index (Phi) is 6.99. The highest BCUT2D eigenvalue weighted by atomic mass is 32.2. The first-order valence-corrected chi connectivity index (χ1v) is 12.2. The van der Waals surface area contributed by atoms with Crippen molar-refractivity contribution in [3.63, 3.8) is 0 Å². The number of hydrogen-bond donors (Lipinski definition) is 2. The van der Waals surface area contributed by atoms with E-state index in [1.54, 1.807) is 40.5 Å². The molecule has 4 rings (SSSR count). The van der Waals surface area contributed by atoms with Crippen LogP contribution >= 0.6 is 23.5 Å². The van der Waals surface area contributed by atoms with Crippen molar-refractivity contribution in [2.24, 2.45) is 0 Å². The summed E-state index contributed by atoms with van der Waals surface area (Å²) in [7, 11) is 0. The van der Waals surface area contributed by atoms with Crippen LogP contribution in [0.15, 0.2) is 64.8 Å². The van der Waals surface area contributed by atoms with Crippen LogP contribution in [0.1, 0.15) is 28.5 Å². The Morgan fingerprint density at radius 1 is 1.13 bits per heavy atom. The van der Waals surface area contributed by atoms with Gasteiger partial charge in [0.1, 0.15) is 5.69 Å². The summed E-state index contributed by atoms with van der Waals surface area (Å²) in [6.07, 6.45) is 1.66. The van der Waals surface area contributed by atoms with Crippen molar-refractivity contribution in [3.8, 4) is 0 Å². The summed E-state index contributed by atoms with van der Waals surface area (Å²) in [6.45, 7) is 5.43. The second kappa shape index (κ2) is 10.1. The monoisotopic (exact) mass is 451 g/mol. The number of fused-ring (bicyclic) bond motifs is 1. The van der Waals surface area contributed by atoms with Gasteiger partial charge in [-0.3, -0.25) is 9.48 Å². The van der Waals surface area contributed by atoms with Crippen molar-refractivity contribution in [1.82, 2.24) is 25.1 Å². The molecule has 0 radical (unpaired) electrons. The number of imidazole rings is 1. The van der Waals surface area contributed by atoms with E-state index >= 15 is 0 Å². The van der Waals surface area contributed by atoms with Crippen LogP contribution in [0.5, 0.6) is 0 Å². The van der Waals surface area contributed by atoms with Gasteiger partial charge in [0.25, 0.3) is 5.91 Å². The van der Waals surface area contributed by atoms with Gasteiger partial charge in [-0.1, -0.05) is 36.0 Å². The minimum Gasteiger partial charge on any atom is -0.350 e. The number of nitrogens with one attached hydrogen (secondary N) is 2. The number of amides is 1. The highest BCUT2D eigenvalue weighted by Crippen LogP contribution is 2.29. The van der Waals surface area contributed by atoms with Crippen LogP contribution in [0.2, 0.25) is 0 Å². The minimum atomic E-state index is -0.0762. The largest absolute Gasteiger partial charge is 0.350 e. The van der Waals surface area contributed by atoms with E-state index < -0.39 is 0 Å². The lowest BCUT2D eigenvalue weighted by atomic mass is 10.1. The van der Waals surface area contributed by atoms with Crippen molar-refractivity contribution in [2.75, 3.05) is 12.3 Å². The highest BCUT2D eigenvalue weighted by Gasteiger charge is 2.11. The zero-order valence-electron chi connectivity index (χ0n) is 17.6. The molecule has 6 nitrogen and oxygen atoms in total. The molecule has 0 spiro atoms. The Bertz CT molecular complexity index is 1150. The molecule has 0 saturated heterocycles. The Morgan fingerprint density at radius 3 is 2.84 bits per heavy atom. The molecular weight excluding hydrogens is 426 g/mol. The first-order chi connectivity index (χ1) is 15.2. The molecule has 0 unspecified atom stereocenters. The molecule has 0 saturated carbocycles. The molecule has 31 heavy (non-hydrogen) atoms. The van der Waals surface area contributed by atoms with Crippen molar-refractivity contribution in [1.29, 1.82) is 0 Å².